The molecule has 0 saturated heterocycles. The molecule has 1 aliphatic rings. The summed E-state index contributed by atoms with van der Waals surface area (Å²) in [7, 11) is 0. The van der Waals surface area contributed by atoms with Crippen LogP contribution in [-0.4, -0.2) is 23.6 Å². The summed E-state index contributed by atoms with van der Waals surface area (Å²) in [6.45, 7) is 0.558. The van der Waals surface area contributed by atoms with E-state index in [0.717, 1.165) is 17.0 Å². The fourth-order valence-electron chi connectivity index (χ4n) is 3.31. The minimum absolute atomic E-state index is 0.0951. The molecule has 27 heavy (non-hydrogen) atoms. The highest BCUT2D eigenvalue weighted by molar-refractivity contribution is 8.01. The Morgan fingerprint density at radius 3 is 2.70 bits per heavy atom. The van der Waals surface area contributed by atoms with Gasteiger partial charge in [-0.15, -0.1) is 11.8 Å². The number of nitrogens with one attached hydrogen (secondary N) is 2. The van der Waals surface area contributed by atoms with Gasteiger partial charge in [-0.1, -0.05) is 54.6 Å². The van der Waals surface area contributed by atoms with Crippen molar-refractivity contribution in [2.45, 2.75) is 23.0 Å². The van der Waals surface area contributed by atoms with Crippen LogP contribution < -0.4 is 10.6 Å². The number of carbonyl (C=O) groups is 2. The van der Waals surface area contributed by atoms with Gasteiger partial charge in [-0.05, 0) is 34.9 Å². The van der Waals surface area contributed by atoms with E-state index in [-0.39, 0.29) is 18.2 Å². The second-order valence-corrected chi connectivity index (χ2v) is 7.78. The van der Waals surface area contributed by atoms with E-state index in [1.165, 1.54) is 28.1 Å². The molecule has 4 nitrogen and oxygen atoms in total. The minimum atomic E-state index is -0.391. The molecule has 0 unspecified atom stereocenters. The number of thioether (sulfide) groups is 1. The zero-order valence-corrected chi connectivity index (χ0v) is 15.6. The molecule has 2 N–H and O–H groups in total. The Balaban J connectivity index is 1.33. The third kappa shape index (κ3) is 3.98. The van der Waals surface area contributed by atoms with Gasteiger partial charge >= 0.3 is 0 Å². The van der Waals surface area contributed by atoms with Crippen molar-refractivity contribution in [1.82, 2.24) is 5.32 Å². The summed E-state index contributed by atoms with van der Waals surface area (Å²) in [6.07, 6.45) is 0.945. The Labute approximate surface area is 162 Å². The largest absolute Gasteiger partial charge is 0.356 e. The number of fused-ring (bicyclic) bond motifs is 2. The topological polar surface area (TPSA) is 58.2 Å². The summed E-state index contributed by atoms with van der Waals surface area (Å²) in [4.78, 5) is 25.5. The van der Waals surface area contributed by atoms with Crippen LogP contribution in [-0.2, 0) is 16.0 Å². The van der Waals surface area contributed by atoms with Gasteiger partial charge in [-0.3, -0.25) is 9.59 Å². The van der Waals surface area contributed by atoms with Gasteiger partial charge in [0.25, 0.3) is 0 Å². The molecule has 1 heterocycles. The lowest BCUT2D eigenvalue weighted by Gasteiger charge is -2.23. The average Bonchev–Trinajstić information content (AvgIpc) is 2.69. The van der Waals surface area contributed by atoms with Crippen LogP contribution in [0.1, 0.15) is 12.0 Å². The Bertz CT molecular complexity index is 997. The molecule has 0 radical (unpaired) electrons. The zero-order valence-electron chi connectivity index (χ0n) is 14.8. The first-order valence-electron chi connectivity index (χ1n) is 9.00. The molecule has 0 aliphatic carbocycles. The SMILES string of the molecule is O=C(C[C@H]1Sc2ccccc2NC1=O)NCCc1cccc2ccccc12. The number of anilines is 1. The predicted molar refractivity (Wildman–Crippen MR) is 110 cm³/mol. The van der Waals surface area contributed by atoms with Gasteiger partial charge in [0, 0.05) is 17.9 Å². The summed E-state index contributed by atoms with van der Waals surface area (Å²) < 4.78 is 0. The molecule has 3 aromatic carbocycles. The standard InChI is InChI=1S/C22H20N2O2S/c25-21(14-20-22(26)24-18-10-3-4-11-19(18)27-20)23-13-12-16-8-5-7-15-6-1-2-9-17(15)16/h1-11,20H,12-14H2,(H,23,25)(H,24,26)/t20-/m1/s1. The number of carbonyl (C=O) groups excluding carboxylic acids is 2. The second-order valence-electron chi connectivity index (χ2n) is 6.53. The van der Waals surface area contributed by atoms with Crippen molar-refractivity contribution in [3.8, 4) is 0 Å². The van der Waals surface area contributed by atoms with Crippen molar-refractivity contribution in [2.24, 2.45) is 0 Å². The number of rotatable bonds is 5. The highest BCUT2D eigenvalue weighted by atomic mass is 32.2. The van der Waals surface area contributed by atoms with Gasteiger partial charge in [0.1, 0.15) is 0 Å². The van der Waals surface area contributed by atoms with E-state index < -0.39 is 5.25 Å². The molecule has 136 valence electrons. The van der Waals surface area contributed by atoms with Crippen LogP contribution in [0.4, 0.5) is 5.69 Å². The highest BCUT2D eigenvalue weighted by Gasteiger charge is 2.28. The maximum atomic E-state index is 12.3. The Hall–Kier alpha value is -2.79. The number of benzene rings is 3. The molecule has 0 aromatic heterocycles. The minimum Gasteiger partial charge on any atom is -0.356 e. The molecule has 2 amide bonds. The molecule has 0 spiro atoms. The van der Waals surface area contributed by atoms with E-state index in [4.69, 9.17) is 0 Å². The molecule has 3 aromatic rings. The van der Waals surface area contributed by atoms with Gasteiger partial charge in [-0.25, -0.2) is 0 Å². The van der Waals surface area contributed by atoms with E-state index in [2.05, 4.69) is 34.9 Å². The molecule has 1 aliphatic heterocycles. The van der Waals surface area contributed by atoms with Gasteiger partial charge in [-0.2, -0.15) is 0 Å². The van der Waals surface area contributed by atoms with Crippen LogP contribution in [0.2, 0.25) is 0 Å². The van der Waals surface area contributed by atoms with Crippen molar-refractivity contribution < 1.29 is 9.59 Å². The summed E-state index contributed by atoms with van der Waals surface area (Å²) in [5, 5.41) is 7.86. The highest BCUT2D eigenvalue weighted by Crippen LogP contribution is 2.36. The van der Waals surface area contributed by atoms with Crippen molar-refractivity contribution in [3.05, 3.63) is 72.3 Å². The van der Waals surface area contributed by atoms with Gasteiger partial charge in [0.2, 0.25) is 11.8 Å². The van der Waals surface area contributed by atoms with E-state index in [0.29, 0.717) is 6.54 Å². The molecule has 4 rings (SSSR count). The molecule has 0 bridgehead atoms. The van der Waals surface area contributed by atoms with Gasteiger partial charge in [0.05, 0.1) is 10.9 Å². The maximum Gasteiger partial charge on any atom is 0.238 e. The van der Waals surface area contributed by atoms with E-state index >= 15 is 0 Å². The normalized spacial score (nSPS) is 15.9. The first-order chi connectivity index (χ1) is 13.2. The van der Waals surface area contributed by atoms with Crippen LogP contribution in [0.25, 0.3) is 10.8 Å². The summed E-state index contributed by atoms with van der Waals surface area (Å²) in [5.41, 5.74) is 2.03. The molecule has 1 atom stereocenters. The summed E-state index contributed by atoms with van der Waals surface area (Å²) in [6, 6.07) is 22.1. The van der Waals surface area contributed by atoms with Crippen LogP contribution in [0.5, 0.6) is 0 Å². The lowest BCUT2D eigenvalue weighted by Crippen LogP contribution is -2.35. The summed E-state index contributed by atoms with van der Waals surface area (Å²) >= 11 is 1.45. The number of amides is 2. The monoisotopic (exact) mass is 376 g/mol. The smallest absolute Gasteiger partial charge is 0.238 e. The quantitative estimate of drug-likeness (QED) is 0.708. The van der Waals surface area contributed by atoms with Gasteiger partial charge < -0.3 is 10.6 Å². The summed E-state index contributed by atoms with van der Waals surface area (Å²) in [5.74, 6) is -0.204. The van der Waals surface area contributed by atoms with Crippen molar-refractivity contribution in [1.29, 1.82) is 0 Å². The number of para-hydroxylation sites is 1. The Morgan fingerprint density at radius 2 is 1.78 bits per heavy atom. The first-order valence-corrected chi connectivity index (χ1v) is 9.88. The van der Waals surface area contributed by atoms with E-state index in [1.54, 1.807) is 0 Å². The molecular formula is C22H20N2O2S. The van der Waals surface area contributed by atoms with Crippen LogP contribution in [0, 0.1) is 0 Å². The molecule has 5 heteroatoms. The number of hydrogen-bond acceptors (Lipinski definition) is 3. The lowest BCUT2D eigenvalue weighted by molar-refractivity contribution is -0.124. The Morgan fingerprint density at radius 1 is 1.00 bits per heavy atom. The first kappa shape index (κ1) is 17.6. The fourth-order valence-corrected chi connectivity index (χ4v) is 4.43. The van der Waals surface area contributed by atoms with Crippen molar-refractivity contribution in [2.75, 3.05) is 11.9 Å². The van der Waals surface area contributed by atoms with Crippen LogP contribution in [0.15, 0.2) is 71.6 Å². The lowest BCUT2D eigenvalue weighted by atomic mass is 10.0. The Kier molecular flexibility index (Phi) is 5.12. The van der Waals surface area contributed by atoms with Gasteiger partial charge in [0.15, 0.2) is 0 Å². The maximum absolute atomic E-state index is 12.3. The number of hydrogen-bond donors (Lipinski definition) is 2. The fraction of sp³-hybridized carbons (Fsp3) is 0.182. The van der Waals surface area contributed by atoms with Crippen LogP contribution >= 0.6 is 11.8 Å². The predicted octanol–water partition coefficient (Wildman–Crippen LogP) is 4.00. The third-order valence-electron chi connectivity index (χ3n) is 4.67. The van der Waals surface area contributed by atoms with Crippen LogP contribution in [0.3, 0.4) is 0 Å². The van der Waals surface area contributed by atoms with E-state index in [1.807, 2.05) is 42.5 Å². The van der Waals surface area contributed by atoms with Crippen molar-refractivity contribution in [3.63, 3.8) is 0 Å². The average molecular weight is 376 g/mol. The second kappa shape index (κ2) is 7.84. The molecule has 0 fully saturated rings. The zero-order chi connectivity index (χ0) is 18.6. The van der Waals surface area contributed by atoms with Crippen molar-refractivity contribution >= 4 is 40.0 Å². The third-order valence-corrected chi connectivity index (χ3v) is 5.95. The molecular weight excluding hydrogens is 356 g/mol. The van der Waals surface area contributed by atoms with E-state index in [9.17, 15) is 9.59 Å². The molecule has 0 saturated carbocycles.